The van der Waals surface area contributed by atoms with Crippen LogP contribution in [0.3, 0.4) is 0 Å². The molecule has 6 heteroatoms. The standard InChI is InChI=1S/C15H21N3O2S/c19-7-9-20-8-6-16-14-13-11-4-2-1-3-5-12(11)21-15(13)18-10-17-14/h10,19H,1-9H2,(H,16,17,18). The number of thiophene rings is 1. The molecule has 0 spiro atoms. The van der Waals surface area contributed by atoms with E-state index in [0.717, 1.165) is 17.1 Å². The highest BCUT2D eigenvalue weighted by Crippen LogP contribution is 2.37. The van der Waals surface area contributed by atoms with Gasteiger partial charge in [-0.1, -0.05) is 6.42 Å². The van der Waals surface area contributed by atoms with Gasteiger partial charge in [0.25, 0.3) is 0 Å². The van der Waals surface area contributed by atoms with Crippen molar-refractivity contribution in [3.63, 3.8) is 0 Å². The number of nitrogens with one attached hydrogen (secondary N) is 1. The van der Waals surface area contributed by atoms with Gasteiger partial charge in [-0.25, -0.2) is 9.97 Å². The summed E-state index contributed by atoms with van der Waals surface area (Å²) in [6.07, 6.45) is 7.80. The second-order valence-electron chi connectivity index (χ2n) is 5.23. The lowest BCUT2D eigenvalue weighted by molar-refractivity contribution is 0.0992. The quantitative estimate of drug-likeness (QED) is 0.633. The molecule has 0 aromatic carbocycles. The number of fused-ring (bicyclic) bond motifs is 3. The Morgan fingerprint density at radius 1 is 1.19 bits per heavy atom. The van der Waals surface area contributed by atoms with Crippen molar-refractivity contribution < 1.29 is 9.84 Å². The third-order valence-electron chi connectivity index (χ3n) is 3.78. The molecule has 2 heterocycles. The maximum absolute atomic E-state index is 8.69. The van der Waals surface area contributed by atoms with Crippen molar-refractivity contribution in [2.24, 2.45) is 0 Å². The molecular formula is C15H21N3O2S. The first-order valence-corrected chi connectivity index (χ1v) is 8.39. The first-order valence-electron chi connectivity index (χ1n) is 7.58. The lowest BCUT2D eigenvalue weighted by Crippen LogP contribution is -2.12. The molecule has 21 heavy (non-hydrogen) atoms. The third kappa shape index (κ3) is 3.33. The Balaban J connectivity index is 1.80. The summed E-state index contributed by atoms with van der Waals surface area (Å²) in [7, 11) is 0. The SMILES string of the molecule is OCCOCCNc1ncnc2sc3c(c12)CCCCC3. The molecule has 1 aliphatic carbocycles. The topological polar surface area (TPSA) is 67.3 Å². The molecule has 0 fully saturated rings. The summed E-state index contributed by atoms with van der Waals surface area (Å²) < 4.78 is 5.28. The van der Waals surface area contributed by atoms with Crippen LogP contribution in [0.1, 0.15) is 29.7 Å². The van der Waals surface area contributed by atoms with Gasteiger partial charge in [0, 0.05) is 11.4 Å². The van der Waals surface area contributed by atoms with Crippen molar-refractivity contribution in [2.45, 2.75) is 32.1 Å². The zero-order valence-corrected chi connectivity index (χ0v) is 12.9. The van der Waals surface area contributed by atoms with Crippen molar-refractivity contribution in [2.75, 3.05) is 31.7 Å². The number of anilines is 1. The molecule has 2 N–H and O–H groups in total. The lowest BCUT2D eigenvalue weighted by atomic mass is 10.1. The Labute approximate surface area is 128 Å². The average Bonchev–Trinajstić information content (AvgIpc) is 2.70. The highest BCUT2D eigenvalue weighted by Gasteiger charge is 2.18. The Morgan fingerprint density at radius 2 is 2.10 bits per heavy atom. The summed E-state index contributed by atoms with van der Waals surface area (Å²) >= 11 is 1.82. The van der Waals surface area contributed by atoms with Crippen LogP contribution in [0.5, 0.6) is 0 Å². The maximum atomic E-state index is 8.69. The van der Waals surface area contributed by atoms with E-state index in [2.05, 4.69) is 15.3 Å². The molecule has 2 aromatic rings. The van der Waals surface area contributed by atoms with Crippen LogP contribution in [-0.2, 0) is 17.6 Å². The van der Waals surface area contributed by atoms with E-state index in [0.29, 0.717) is 19.8 Å². The van der Waals surface area contributed by atoms with Crippen LogP contribution in [0, 0.1) is 0 Å². The van der Waals surface area contributed by atoms with E-state index in [9.17, 15) is 0 Å². The van der Waals surface area contributed by atoms with Crippen molar-refractivity contribution in [1.29, 1.82) is 0 Å². The van der Waals surface area contributed by atoms with Crippen molar-refractivity contribution in [3.05, 3.63) is 16.8 Å². The number of hydrogen-bond donors (Lipinski definition) is 2. The first kappa shape index (κ1) is 14.7. The van der Waals surface area contributed by atoms with Crippen molar-refractivity contribution in [1.82, 2.24) is 9.97 Å². The van der Waals surface area contributed by atoms with E-state index in [1.165, 1.54) is 41.5 Å². The van der Waals surface area contributed by atoms with Gasteiger partial charge in [0.1, 0.15) is 17.0 Å². The second-order valence-corrected chi connectivity index (χ2v) is 6.31. The van der Waals surface area contributed by atoms with E-state index in [1.807, 2.05) is 11.3 Å². The number of nitrogens with zero attached hydrogens (tertiary/aromatic N) is 2. The molecule has 0 atom stereocenters. The second kappa shape index (κ2) is 7.15. The molecule has 0 radical (unpaired) electrons. The number of hydrogen-bond acceptors (Lipinski definition) is 6. The predicted molar refractivity (Wildman–Crippen MR) is 85.1 cm³/mol. The Bertz CT molecular complexity index is 600. The van der Waals surface area contributed by atoms with E-state index in [-0.39, 0.29) is 6.61 Å². The molecule has 114 valence electrons. The Hall–Kier alpha value is -1.24. The van der Waals surface area contributed by atoms with E-state index < -0.39 is 0 Å². The van der Waals surface area contributed by atoms with Crippen molar-refractivity contribution in [3.8, 4) is 0 Å². The molecule has 0 saturated heterocycles. The summed E-state index contributed by atoms with van der Waals surface area (Å²) in [6, 6.07) is 0. The lowest BCUT2D eigenvalue weighted by Gasteiger charge is -2.08. The van der Waals surface area contributed by atoms with Crippen LogP contribution in [0.2, 0.25) is 0 Å². The minimum absolute atomic E-state index is 0.0653. The van der Waals surface area contributed by atoms with Gasteiger partial charge in [-0.15, -0.1) is 11.3 Å². The number of rotatable bonds is 6. The van der Waals surface area contributed by atoms with Gasteiger partial charge in [0.05, 0.1) is 25.2 Å². The molecule has 0 amide bonds. The van der Waals surface area contributed by atoms with E-state index in [4.69, 9.17) is 9.84 Å². The van der Waals surface area contributed by atoms with Gasteiger partial charge in [-0.2, -0.15) is 0 Å². The maximum Gasteiger partial charge on any atom is 0.138 e. The normalized spacial score (nSPS) is 14.9. The highest BCUT2D eigenvalue weighted by atomic mass is 32.1. The molecular weight excluding hydrogens is 286 g/mol. The molecule has 0 bridgehead atoms. The predicted octanol–water partition coefficient (Wildman–Crippen LogP) is 2.38. The van der Waals surface area contributed by atoms with Crippen LogP contribution in [-0.4, -0.2) is 41.4 Å². The summed E-state index contributed by atoms with van der Waals surface area (Å²) in [5, 5.41) is 13.3. The molecule has 0 aliphatic heterocycles. The fraction of sp³-hybridized carbons (Fsp3) is 0.600. The fourth-order valence-electron chi connectivity index (χ4n) is 2.81. The van der Waals surface area contributed by atoms with Crippen LogP contribution in [0.4, 0.5) is 5.82 Å². The number of aliphatic hydroxyl groups is 1. The van der Waals surface area contributed by atoms with Crippen LogP contribution in [0.25, 0.3) is 10.2 Å². The summed E-state index contributed by atoms with van der Waals surface area (Å²) in [4.78, 5) is 11.4. The molecule has 0 unspecified atom stereocenters. The van der Waals surface area contributed by atoms with Gasteiger partial charge in [0.2, 0.25) is 0 Å². The number of aryl methyl sites for hydroxylation is 2. The zero-order chi connectivity index (χ0) is 14.5. The van der Waals surface area contributed by atoms with E-state index >= 15 is 0 Å². The monoisotopic (exact) mass is 307 g/mol. The minimum Gasteiger partial charge on any atom is -0.394 e. The summed E-state index contributed by atoms with van der Waals surface area (Å²) in [5.41, 5.74) is 1.45. The first-order chi connectivity index (χ1) is 10.4. The van der Waals surface area contributed by atoms with Gasteiger partial charge in [0.15, 0.2) is 0 Å². The minimum atomic E-state index is 0.0653. The average molecular weight is 307 g/mol. The van der Waals surface area contributed by atoms with Gasteiger partial charge < -0.3 is 15.2 Å². The van der Waals surface area contributed by atoms with E-state index in [1.54, 1.807) is 6.33 Å². The Kier molecular flexibility index (Phi) is 5.00. The van der Waals surface area contributed by atoms with Gasteiger partial charge in [-0.05, 0) is 31.2 Å². The Morgan fingerprint density at radius 3 is 3.00 bits per heavy atom. The van der Waals surface area contributed by atoms with Crippen molar-refractivity contribution >= 4 is 27.4 Å². The van der Waals surface area contributed by atoms with Gasteiger partial charge in [-0.3, -0.25) is 0 Å². The molecule has 0 saturated carbocycles. The molecule has 3 rings (SSSR count). The van der Waals surface area contributed by atoms with Crippen LogP contribution in [0.15, 0.2) is 6.33 Å². The van der Waals surface area contributed by atoms with Crippen LogP contribution < -0.4 is 5.32 Å². The summed E-state index contributed by atoms with van der Waals surface area (Å²) in [5.74, 6) is 0.923. The smallest absolute Gasteiger partial charge is 0.138 e. The number of ether oxygens (including phenoxy) is 1. The largest absolute Gasteiger partial charge is 0.394 e. The number of aliphatic hydroxyl groups excluding tert-OH is 1. The molecule has 1 aliphatic rings. The number of aromatic nitrogens is 2. The zero-order valence-electron chi connectivity index (χ0n) is 12.1. The fourth-order valence-corrected chi connectivity index (χ4v) is 4.04. The molecule has 5 nitrogen and oxygen atoms in total. The van der Waals surface area contributed by atoms with Crippen LogP contribution >= 0.6 is 11.3 Å². The molecule has 2 aromatic heterocycles. The highest BCUT2D eigenvalue weighted by molar-refractivity contribution is 7.18. The third-order valence-corrected chi connectivity index (χ3v) is 4.98. The van der Waals surface area contributed by atoms with Gasteiger partial charge >= 0.3 is 0 Å². The summed E-state index contributed by atoms with van der Waals surface area (Å²) in [6.45, 7) is 1.71.